The lowest BCUT2D eigenvalue weighted by Gasteiger charge is -2.10. The number of carbonyl (C=O) groups excluding carboxylic acids is 1. The normalized spacial score (nSPS) is 11.3. The second-order valence-electron chi connectivity index (χ2n) is 6.06. The van der Waals surface area contributed by atoms with Gasteiger partial charge in [0.05, 0.1) is 4.90 Å². The Morgan fingerprint density at radius 3 is 2.23 bits per heavy atom. The van der Waals surface area contributed by atoms with Gasteiger partial charge in [0.2, 0.25) is 0 Å². The monoisotopic (exact) mass is 369 g/mol. The lowest BCUT2D eigenvalue weighted by Crippen LogP contribution is -2.13. The molecule has 0 aliphatic rings. The van der Waals surface area contributed by atoms with E-state index in [1.807, 2.05) is 32.0 Å². The zero-order chi connectivity index (χ0) is 18.7. The molecule has 1 heterocycles. The highest BCUT2D eigenvalue weighted by atomic mass is 32.2. The lowest BCUT2D eigenvalue weighted by atomic mass is 10.1. The van der Waals surface area contributed by atoms with E-state index in [1.165, 1.54) is 24.3 Å². The van der Waals surface area contributed by atoms with Crippen LogP contribution in [0.1, 0.15) is 27.4 Å². The molecule has 0 saturated heterocycles. The van der Waals surface area contributed by atoms with Gasteiger partial charge in [0.1, 0.15) is 11.5 Å². The summed E-state index contributed by atoms with van der Waals surface area (Å²) in [6.45, 7) is 3.81. The standard InChI is InChI=1S/C20H19NO4S/c1-14-7-6-8-15(2)19(14)21-20(22)18-12-11-16(25-18)13-26(23,24)17-9-4-3-5-10-17/h3-12H,13H2,1-2H3,(H,21,22). The Hall–Kier alpha value is -2.86. The Morgan fingerprint density at radius 1 is 0.923 bits per heavy atom. The molecule has 3 aromatic rings. The summed E-state index contributed by atoms with van der Waals surface area (Å²) in [5, 5.41) is 2.82. The van der Waals surface area contributed by atoms with Crippen LogP contribution in [0.3, 0.4) is 0 Å². The van der Waals surface area contributed by atoms with Gasteiger partial charge in [0.25, 0.3) is 5.91 Å². The van der Waals surface area contributed by atoms with Gasteiger partial charge in [-0.15, -0.1) is 0 Å². The molecule has 1 amide bonds. The molecule has 0 aliphatic carbocycles. The van der Waals surface area contributed by atoms with E-state index >= 15 is 0 Å². The first-order valence-electron chi connectivity index (χ1n) is 8.11. The summed E-state index contributed by atoms with van der Waals surface area (Å²) in [6.07, 6.45) is 0. The predicted octanol–water partition coefficient (Wildman–Crippen LogP) is 4.12. The van der Waals surface area contributed by atoms with Crippen molar-refractivity contribution in [2.24, 2.45) is 0 Å². The molecular weight excluding hydrogens is 350 g/mol. The number of carbonyl (C=O) groups is 1. The molecule has 0 bridgehead atoms. The third kappa shape index (κ3) is 3.86. The van der Waals surface area contributed by atoms with Gasteiger partial charge in [-0.2, -0.15) is 0 Å². The Morgan fingerprint density at radius 2 is 1.58 bits per heavy atom. The van der Waals surface area contributed by atoms with Gasteiger partial charge in [0.15, 0.2) is 15.6 Å². The first kappa shape index (κ1) is 17.9. The molecule has 0 fully saturated rings. The quantitative estimate of drug-likeness (QED) is 0.734. The van der Waals surface area contributed by atoms with E-state index in [4.69, 9.17) is 4.42 Å². The maximum Gasteiger partial charge on any atom is 0.291 e. The fourth-order valence-corrected chi connectivity index (χ4v) is 3.93. The van der Waals surface area contributed by atoms with Crippen LogP contribution >= 0.6 is 0 Å². The summed E-state index contributed by atoms with van der Waals surface area (Å²) in [5.74, 6) is -0.412. The molecule has 0 aliphatic heterocycles. The van der Waals surface area contributed by atoms with Crippen molar-refractivity contribution in [2.45, 2.75) is 24.5 Å². The molecule has 0 saturated carbocycles. The number of hydrogen-bond donors (Lipinski definition) is 1. The van der Waals surface area contributed by atoms with Crippen LogP contribution in [0.4, 0.5) is 5.69 Å². The number of furan rings is 1. The smallest absolute Gasteiger partial charge is 0.291 e. The van der Waals surface area contributed by atoms with Gasteiger partial charge in [-0.1, -0.05) is 36.4 Å². The van der Waals surface area contributed by atoms with Crippen LogP contribution in [-0.4, -0.2) is 14.3 Å². The number of aryl methyl sites for hydroxylation is 2. The number of sulfone groups is 1. The topological polar surface area (TPSA) is 76.4 Å². The molecule has 6 heteroatoms. The Kier molecular flexibility index (Phi) is 4.95. The summed E-state index contributed by atoms with van der Waals surface area (Å²) in [4.78, 5) is 12.6. The van der Waals surface area contributed by atoms with Crippen molar-refractivity contribution in [1.82, 2.24) is 0 Å². The highest BCUT2D eigenvalue weighted by Crippen LogP contribution is 2.22. The maximum atomic E-state index is 12.4. The van der Waals surface area contributed by atoms with Gasteiger partial charge in [-0.3, -0.25) is 4.79 Å². The Labute approximate surface area is 152 Å². The number of benzene rings is 2. The van der Waals surface area contributed by atoms with Crippen LogP contribution in [0.5, 0.6) is 0 Å². The van der Waals surface area contributed by atoms with E-state index in [2.05, 4.69) is 5.32 Å². The van der Waals surface area contributed by atoms with Crippen molar-refractivity contribution in [3.8, 4) is 0 Å². The lowest BCUT2D eigenvalue weighted by molar-refractivity contribution is 0.0995. The highest BCUT2D eigenvalue weighted by molar-refractivity contribution is 7.90. The van der Waals surface area contributed by atoms with E-state index < -0.39 is 15.7 Å². The molecule has 134 valence electrons. The van der Waals surface area contributed by atoms with Crippen molar-refractivity contribution in [3.05, 3.63) is 83.3 Å². The summed E-state index contributed by atoms with van der Waals surface area (Å²) in [7, 11) is -3.52. The molecule has 2 aromatic carbocycles. The van der Waals surface area contributed by atoms with Crippen molar-refractivity contribution >= 4 is 21.4 Å². The molecule has 1 N–H and O–H groups in total. The van der Waals surface area contributed by atoms with Gasteiger partial charge in [-0.05, 0) is 49.2 Å². The van der Waals surface area contributed by atoms with Crippen LogP contribution in [-0.2, 0) is 15.6 Å². The first-order chi connectivity index (χ1) is 12.4. The summed E-state index contributed by atoms with van der Waals surface area (Å²) < 4.78 is 30.3. The van der Waals surface area contributed by atoms with Crippen molar-refractivity contribution in [3.63, 3.8) is 0 Å². The van der Waals surface area contributed by atoms with Gasteiger partial charge in [0, 0.05) is 5.69 Å². The SMILES string of the molecule is Cc1cccc(C)c1NC(=O)c1ccc(CS(=O)(=O)c2ccccc2)o1. The van der Waals surface area contributed by atoms with Gasteiger partial charge in [-0.25, -0.2) is 8.42 Å². The Bertz CT molecular complexity index is 1020. The highest BCUT2D eigenvalue weighted by Gasteiger charge is 2.19. The molecule has 0 atom stereocenters. The van der Waals surface area contributed by atoms with Crippen LogP contribution in [0, 0.1) is 13.8 Å². The first-order valence-corrected chi connectivity index (χ1v) is 9.76. The van der Waals surface area contributed by atoms with Crippen LogP contribution < -0.4 is 5.32 Å². The van der Waals surface area contributed by atoms with Crippen molar-refractivity contribution < 1.29 is 17.6 Å². The van der Waals surface area contributed by atoms with Crippen LogP contribution in [0.25, 0.3) is 0 Å². The summed E-state index contributed by atoms with van der Waals surface area (Å²) in [6, 6.07) is 16.9. The maximum absolute atomic E-state index is 12.4. The molecular formula is C20H19NO4S. The van der Waals surface area contributed by atoms with Crippen LogP contribution in [0.2, 0.25) is 0 Å². The second-order valence-corrected chi connectivity index (χ2v) is 8.05. The van der Waals surface area contributed by atoms with Crippen molar-refractivity contribution in [1.29, 1.82) is 0 Å². The van der Waals surface area contributed by atoms with E-state index in [0.717, 1.165) is 16.8 Å². The molecule has 1 aromatic heterocycles. The van der Waals surface area contributed by atoms with E-state index in [0.29, 0.717) is 0 Å². The zero-order valence-electron chi connectivity index (χ0n) is 14.5. The third-order valence-corrected chi connectivity index (χ3v) is 5.69. The fraction of sp³-hybridized carbons (Fsp3) is 0.150. The van der Waals surface area contributed by atoms with E-state index in [-0.39, 0.29) is 22.2 Å². The molecule has 0 unspecified atom stereocenters. The number of anilines is 1. The average molecular weight is 369 g/mol. The minimum absolute atomic E-state index is 0.0749. The molecule has 5 nitrogen and oxygen atoms in total. The zero-order valence-corrected chi connectivity index (χ0v) is 15.3. The van der Waals surface area contributed by atoms with E-state index in [9.17, 15) is 13.2 Å². The molecule has 26 heavy (non-hydrogen) atoms. The minimum atomic E-state index is -3.52. The van der Waals surface area contributed by atoms with Crippen LogP contribution in [0.15, 0.2) is 70.0 Å². The number of hydrogen-bond acceptors (Lipinski definition) is 4. The Balaban J connectivity index is 1.77. The number of amides is 1. The number of nitrogens with one attached hydrogen (secondary N) is 1. The third-order valence-electron chi connectivity index (χ3n) is 4.04. The molecule has 3 rings (SSSR count). The number of rotatable bonds is 5. The predicted molar refractivity (Wildman–Crippen MR) is 99.9 cm³/mol. The molecule has 0 spiro atoms. The number of para-hydroxylation sites is 1. The summed E-state index contributed by atoms with van der Waals surface area (Å²) in [5.41, 5.74) is 2.61. The average Bonchev–Trinajstić information content (AvgIpc) is 3.07. The van der Waals surface area contributed by atoms with E-state index in [1.54, 1.807) is 18.2 Å². The minimum Gasteiger partial charge on any atom is -0.455 e. The summed E-state index contributed by atoms with van der Waals surface area (Å²) >= 11 is 0. The largest absolute Gasteiger partial charge is 0.455 e. The second kappa shape index (κ2) is 7.17. The fourth-order valence-electron chi connectivity index (χ4n) is 2.66. The molecule has 0 radical (unpaired) electrons. The van der Waals surface area contributed by atoms with Crippen molar-refractivity contribution in [2.75, 3.05) is 5.32 Å². The van der Waals surface area contributed by atoms with Gasteiger partial charge < -0.3 is 9.73 Å². The van der Waals surface area contributed by atoms with Gasteiger partial charge >= 0.3 is 0 Å².